The van der Waals surface area contributed by atoms with Gasteiger partial charge in [-0.2, -0.15) is 0 Å². The van der Waals surface area contributed by atoms with E-state index in [1.165, 1.54) is 11.8 Å². The fraction of sp³-hybridized carbons (Fsp3) is 0.385. The summed E-state index contributed by atoms with van der Waals surface area (Å²) in [5, 5.41) is 0. The van der Waals surface area contributed by atoms with Crippen molar-refractivity contribution in [3.8, 4) is 11.1 Å². The molecule has 1 aromatic carbocycles. The molecule has 34 heavy (non-hydrogen) atoms. The molecule has 0 unspecified atom stereocenters. The smallest absolute Gasteiger partial charge is 0.410 e. The van der Waals surface area contributed by atoms with Crippen LogP contribution in [0, 0.1) is 0 Å². The van der Waals surface area contributed by atoms with Crippen LogP contribution in [0.5, 0.6) is 0 Å². The van der Waals surface area contributed by atoms with Crippen LogP contribution in [0.4, 0.5) is 4.79 Å². The Labute approximate surface area is 202 Å². The van der Waals surface area contributed by atoms with Crippen LogP contribution in [0.15, 0.2) is 47.6 Å². The number of pyridine rings is 1. The van der Waals surface area contributed by atoms with Gasteiger partial charge in [-0.15, -0.1) is 11.8 Å². The molecular weight excluding hydrogens is 452 g/mol. The van der Waals surface area contributed by atoms with Crippen LogP contribution in [0.3, 0.4) is 0 Å². The molecule has 2 aliphatic heterocycles. The fourth-order valence-electron chi connectivity index (χ4n) is 4.46. The number of carbonyl (C=O) groups excluding carboxylic acids is 3. The van der Waals surface area contributed by atoms with E-state index in [-0.39, 0.29) is 6.09 Å². The van der Waals surface area contributed by atoms with Crippen LogP contribution < -0.4 is 0 Å². The molecule has 3 aliphatic rings. The molecule has 1 aromatic heterocycles. The number of thioether (sulfide) groups is 1. The maximum absolute atomic E-state index is 12.8. The standard InChI is InChI=1S/C26H26N2O5S/c1-25(2,3)33-24(31)28-12-8-26(9-13-28)15-34-23-21(30)20(29)18-5-4-17(14-19(18)22(23)32-26)16-6-10-27-11-7-16/h4-7,10-11,14H,8-9,12-13,15H2,1-3H3. The van der Waals surface area contributed by atoms with Crippen LogP contribution in [0.25, 0.3) is 16.9 Å². The third-order valence-corrected chi connectivity index (χ3v) is 7.60. The van der Waals surface area contributed by atoms with Crippen LogP contribution in [0.1, 0.15) is 49.5 Å². The number of carbonyl (C=O) groups is 3. The molecule has 176 valence electrons. The number of nitrogens with zero attached hydrogens (tertiary/aromatic N) is 2. The summed E-state index contributed by atoms with van der Waals surface area (Å²) in [5.74, 6) is 0.0383. The molecule has 0 saturated carbocycles. The first-order chi connectivity index (χ1) is 16.2. The summed E-state index contributed by atoms with van der Waals surface area (Å²) in [6, 6.07) is 9.26. The minimum atomic E-state index is -0.547. The molecule has 0 N–H and O–H groups in total. The van der Waals surface area contributed by atoms with Gasteiger partial charge in [-0.05, 0) is 56.2 Å². The highest BCUT2D eigenvalue weighted by Gasteiger charge is 2.46. The molecule has 5 rings (SSSR count). The summed E-state index contributed by atoms with van der Waals surface area (Å²) in [5.41, 5.74) is 1.85. The van der Waals surface area contributed by atoms with Crippen molar-refractivity contribution in [3.05, 3.63) is 58.8 Å². The zero-order valence-electron chi connectivity index (χ0n) is 19.4. The zero-order valence-corrected chi connectivity index (χ0v) is 20.2. The lowest BCUT2D eigenvalue weighted by molar-refractivity contribution is -0.111. The summed E-state index contributed by atoms with van der Waals surface area (Å²) >= 11 is 1.39. The highest BCUT2D eigenvalue weighted by atomic mass is 32.2. The van der Waals surface area contributed by atoms with E-state index in [4.69, 9.17) is 9.47 Å². The molecule has 1 fully saturated rings. The Balaban J connectivity index is 1.43. The molecule has 0 radical (unpaired) electrons. The minimum Gasteiger partial charge on any atom is -0.484 e. The van der Waals surface area contributed by atoms with E-state index in [0.717, 1.165) is 11.1 Å². The Bertz CT molecular complexity index is 1210. The van der Waals surface area contributed by atoms with E-state index in [9.17, 15) is 14.4 Å². The summed E-state index contributed by atoms with van der Waals surface area (Å²) in [6.45, 7) is 6.57. The molecule has 1 aliphatic carbocycles. The van der Waals surface area contributed by atoms with Gasteiger partial charge in [0, 0.05) is 55.2 Å². The molecular formula is C26H26N2O5S. The van der Waals surface area contributed by atoms with Crippen LogP contribution >= 0.6 is 11.8 Å². The van der Waals surface area contributed by atoms with Crippen molar-refractivity contribution in [2.75, 3.05) is 18.8 Å². The molecule has 1 spiro atoms. The Morgan fingerprint density at radius 1 is 1.03 bits per heavy atom. The molecule has 8 heteroatoms. The van der Waals surface area contributed by atoms with Crippen LogP contribution in [0.2, 0.25) is 0 Å². The van der Waals surface area contributed by atoms with E-state index < -0.39 is 22.8 Å². The lowest BCUT2D eigenvalue weighted by Crippen LogP contribution is -2.51. The number of likely N-dealkylation sites (tertiary alicyclic amines) is 1. The van der Waals surface area contributed by atoms with Crippen molar-refractivity contribution in [2.45, 2.75) is 44.8 Å². The van der Waals surface area contributed by atoms with Gasteiger partial charge in [0.25, 0.3) is 0 Å². The fourth-order valence-corrected chi connectivity index (χ4v) is 5.72. The second kappa shape index (κ2) is 8.27. The maximum Gasteiger partial charge on any atom is 0.410 e. The van der Waals surface area contributed by atoms with Crippen molar-refractivity contribution in [2.24, 2.45) is 0 Å². The van der Waals surface area contributed by atoms with Crippen molar-refractivity contribution in [1.29, 1.82) is 0 Å². The van der Waals surface area contributed by atoms with Gasteiger partial charge in [0.05, 0.1) is 0 Å². The van der Waals surface area contributed by atoms with Gasteiger partial charge in [0.15, 0.2) is 0 Å². The summed E-state index contributed by atoms with van der Waals surface area (Å²) < 4.78 is 12.1. The number of allylic oxidation sites excluding steroid dienone is 1. The molecule has 0 bridgehead atoms. The second-order valence-corrected chi connectivity index (χ2v) is 10.8. The first-order valence-corrected chi connectivity index (χ1v) is 12.3. The minimum absolute atomic E-state index is 0.323. The van der Waals surface area contributed by atoms with E-state index in [0.29, 0.717) is 53.5 Å². The number of rotatable bonds is 1. The second-order valence-electron chi connectivity index (χ2n) is 9.85. The number of fused-ring (bicyclic) bond motifs is 2. The quantitative estimate of drug-likeness (QED) is 0.549. The molecule has 1 amide bonds. The molecule has 0 atom stereocenters. The normalized spacial score (nSPS) is 19.4. The number of piperidine rings is 1. The number of hydrogen-bond acceptors (Lipinski definition) is 7. The van der Waals surface area contributed by atoms with Crippen LogP contribution in [-0.2, 0) is 14.3 Å². The number of hydrogen-bond donors (Lipinski definition) is 0. The Kier molecular flexibility index (Phi) is 5.51. The van der Waals surface area contributed by atoms with Crippen molar-refractivity contribution >= 4 is 35.2 Å². The predicted octanol–water partition coefficient (Wildman–Crippen LogP) is 4.72. The zero-order chi connectivity index (χ0) is 24.1. The van der Waals surface area contributed by atoms with E-state index in [1.54, 1.807) is 23.4 Å². The predicted molar refractivity (Wildman–Crippen MR) is 129 cm³/mol. The van der Waals surface area contributed by atoms with Gasteiger partial charge in [0.2, 0.25) is 11.6 Å². The average molecular weight is 479 g/mol. The van der Waals surface area contributed by atoms with Gasteiger partial charge in [-0.3, -0.25) is 14.6 Å². The Morgan fingerprint density at radius 3 is 2.41 bits per heavy atom. The van der Waals surface area contributed by atoms with Crippen LogP contribution in [-0.4, -0.2) is 57.6 Å². The maximum atomic E-state index is 12.8. The highest BCUT2D eigenvalue weighted by molar-refractivity contribution is 8.04. The number of aromatic nitrogens is 1. The highest BCUT2D eigenvalue weighted by Crippen LogP contribution is 2.48. The first-order valence-electron chi connectivity index (χ1n) is 11.3. The van der Waals surface area contributed by atoms with Gasteiger partial charge < -0.3 is 14.4 Å². The van der Waals surface area contributed by atoms with Gasteiger partial charge >= 0.3 is 6.09 Å². The molecule has 7 nitrogen and oxygen atoms in total. The van der Waals surface area contributed by atoms with Gasteiger partial charge in [0.1, 0.15) is 21.9 Å². The Morgan fingerprint density at radius 2 is 1.74 bits per heavy atom. The first kappa shape index (κ1) is 22.7. The molecule has 3 heterocycles. The van der Waals surface area contributed by atoms with Crippen molar-refractivity contribution in [3.63, 3.8) is 0 Å². The third kappa shape index (κ3) is 4.11. The summed E-state index contributed by atoms with van der Waals surface area (Å²) in [4.78, 5) is 44.3. The molecule has 2 aromatic rings. The number of ether oxygens (including phenoxy) is 2. The van der Waals surface area contributed by atoms with E-state index >= 15 is 0 Å². The topological polar surface area (TPSA) is 85.8 Å². The molecule has 1 saturated heterocycles. The van der Waals surface area contributed by atoms with Gasteiger partial charge in [-0.1, -0.05) is 6.07 Å². The lowest BCUT2D eigenvalue weighted by Gasteiger charge is -2.45. The van der Waals surface area contributed by atoms with Crippen molar-refractivity contribution in [1.82, 2.24) is 9.88 Å². The number of benzene rings is 1. The van der Waals surface area contributed by atoms with E-state index in [1.807, 2.05) is 45.0 Å². The Hall–Kier alpha value is -3.13. The SMILES string of the molecule is CC(C)(C)OC(=O)N1CCC2(CC1)CSC1=C(O2)c2cc(-c3ccncc3)ccc2C(=O)C1=O. The summed E-state index contributed by atoms with van der Waals surface area (Å²) in [7, 11) is 0. The lowest BCUT2D eigenvalue weighted by atomic mass is 9.88. The number of amides is 1. The van der Waals surface area contributed by atoms with E-state index in [2.05, 4.69) is 4.98 Å². The average Bonchev–Trinajstić information content (AvgIpc) is 2.82. The largest absolute Gasteiger partial charge is 0.484 e. The third-order valence-electron chi connectivity index (χ3n) is 6.27. The number of ketones is 2. The monoisotopic (exact) mass is 478 g/mol. The van der Waals surface area contributed by atoms with Crippen molar-refractivity contribution < 1.29 is 23.9 Å². The number of Topliss-reactive ketones (excluding diaryl/α,β-unsaturated/α-hetero) is 2. The summed E-state index contributed by atoms with van der Waals surface area (Å²) in [6.07, 6.45) is 4.36. The van der Waals surface area contributed by atoms with Gasteiger partial charge in [-0.25, -0.2) is 4.79 Å².